The highest BCUT2D eigenvalue weighted by atomic mass is 32.2. The SMILES string of the molecule is CCCNc1cc(C)nc(N(CC)C2CCS(=O)(=O)C2)n1. The number of aryl methyl sites for hydroxylation is 1. The summed E-state index contributed by atoms with van der Waals surface area (Å²) in [7, 11) is -2.91. The maximum absolute atomic E-state index is 11.7. The Morgan fingerprint density at radius 1 is 1.38 bits per heavy atom. The molecule has 6 nitrogen and oxygen atoms in total. The first kappa shape index (κ1) is 16.0. The molecule has 0 amide bonds. The summed E-state index contributed by atoms with van der Waals surface area (Å²) in [4.78, 5) is 11.0. The maximum atomic E-state index is 11.7. The number of hydrogen-bond acceptors (Lipinski definition) is 6. The van der Waals surface area contributed by atoms with Gasteiger partial charge in [-0.2, -0.15) is 4.98 Å². The van der Waals surface area contributed by atoms with Crippen molar-refractivity contribution in [3.8, 4) is 0 Å². The largest absolute Gasteiger partial charge is 0.370 e. The average Bonchev–Trinajstić information content (AvgIpc) is 2.77. The zero-order valence-electron chi connectivity index (χ0n) is 13.0. The molecule has 118 valence electrons. The van der Waals surface area contributed by atoms with E-state index in [1.165, 1.54) is 0 Å². The minimum atomic E-state index is -2.91. The van der Waals surface area contributed by atoms with Crippen molar-refractivity contribution in [1.82, 2.24) is 9.97 Å². The molecule has 7 heteroatoms. The van der Waals surface area contributed by atoms with Gasteiger partial charge in [0.1, 0.15) is 5.82 Å². The van der Waals surface area contributed by atoms with E-state index < -0.39 is 9.84 Å². The Labute approximate surface area is 126 Å². The van der Waals surface area contributed by atoms with Crippen LogP contribution < -0.4 is 10.2 Å². The number of nitrogens with zero attached hydrogens (tertiary/aromatic N) is 3. The molecule has 0 aromatic carbocycles. The number of anilines is 2. The number of aromatic nitrogens is 2. The first-order valence-electron chi connectivity index (χ1n) is 7.51. The fourth-order valence-electron chi connectivity index (χ4n) is 2.61. The normalized spacial score (nSPS) is 20.4. The Morgan fingerprint density at radius 3 is 2.71 bits per heavy atom. The average molecular weight is 312 g/mol. The lowest BCUT2D eigenvalue weighted by molar-refractivity contribution is 0.599. The summed E-state index contributed by atoms with van der Waals surface area (Å²) in [5, 5.41) is 3.27. The van der Waals surface area contributed by atoms with Crippen LogP contribution in [0.5, 0.6) is 0 Å². The fourth-order valence-corrected chi connectivity index (χ4v) is 4.34. The molecular weight excluding hydrogens is 288 g/mol. The minimum Gasteiger partial charge on any atom is -0.370 e. The van der Waals surface area contributed by atoms with Gasteiger partial charge in [0.2, 0.25) is 5.95 Å². The molecule has 21 heavy (non-hydrogen) atoms. The van der Waals surface area contributed by atoms with Crippen LogP contribution in [-0.2, 0) is 9.84 Å². The third-order valence-corrected chi connectivity index (χ3v) is 5.40. The van der Waals surface area contributed by atoms with Crippen LogP contribution in [0.1, 0.15) is 32.4 Å². The smallest absolute Gasteiger partial charge is 0.227 e. The Hall–Kier alpha value is -1.37. The van der Waals surface area contributed by atoms with Gasteiger partial charge in [0, 0.05) is 30.9 Å². The Balaban J connectivity index is 2.23. The summed E-state index contributed by atoms with van der Waals surface area (Å²) >= 11 is 0. The van der Waals surface area contributed by atoms with Gasteiger partial charge in [0.25, 0.3) is 0 Å². The topological polar surface area (TPSA) is 75.2 Å². The van der Waals surface area contributed by atoms with Crippen molar-refractivity contribution in [2.45, 2.75) is 39.7 Å². The van der Waals surface area contributed by atoms with Crippen molar-refractivity contribution >= 4 is 21.6 Å². The molecule has 0 radical (unpaired) electrons. The summed E-state index contributed by atoms with van der Waals surface area (Å²) in [5.41, 5.74) is 0.887. The summed E-state index contributed by atoms with van der Waals surface area (Å²) < 4.78 is 23.4. The molecule has 1 aliphatic rings. The van der Waals surface area contributed by atoms with E-state index >= 15 is 0 Å². The van der Waals surface area contributed by atoms with E-state index in [4.69, 9.17) is 0 Å². The van der Waals surface area contributed by atoms with E-state index in [-0.39, 0.29) is 17.5 Å². The van der Waals surface area contributed by atoms with Crippen LogP contribution in [0.25, 0.3) is 0 Å². The molecule has 1 atom stereocenters. The maximum Gasteiger partial charge on any atom is 0.227 e. The van der Waals surface area contributed by atoms with Crippen LogP contribution in [0.2, 0.25) is 0 Å². The van der Waals surface area contributed by atoms with Gasteiger partial charge in [-0.05, 0) is 26.7 Å². The predicted molar refractivity (Wildman–Crippen MR) is 85.6 cm³/mol. The van der Waals surface area contributed by atoms with Crippen molar-refractivity contribution in [1.29, 1.82) is 0 Å². The van der Waals surface area contributed by atoms with E-state index in [0.29, 0.717) is 18.9 Å². The zero-order chi connectivity index (χ0) is 15.5. The molecular formula is C14H24N4O2S. The lowest BCUT2D eigenvalue weighted by atomic mass is 10.2. The van der Waals surface area contributed by atoms with Crippen molar-refractivity contribution in [3.05, 3.63) is 11.8 Å². The number of hydrogen-bond donors (Lipinski definition) is 1. The molecule has 1 aromatic rings. The number of sulfone groups is 1. The van der Waals surface area contributed by atoms with Gasteiger partial charge in [-0.3, -0.25) is 0 Å². The van der Waals surface area contributed by atoms with Crippen LogP contribution in [-0.4, -0.2) is 49.0 Å². The quantitative estimate of drug-likeness (QED) is 0.860. The third kappa shape index (κ3) is 4.06. The van der Waals surface area contributed by atoms with E-state index in [1.807, 2.05) is 24.8 Å². The summed E-state index contributed by atoms with van der Waals surface area (Å²) in [6.45, 7) is 7.61. The molecule has 2 heterocycles. The van der Waals surface area contributed by atoms with Gasteiger partial charge in [-0.25, -0.2) is 13.4 Å². The second-order valence-corrected chi connectivity index (χ2v) is 7.69. The van der Waals surface area contributed by atoms with Crippen LogP contribution >= 0.6 is 0 Å². The predicted octanol–water partition coefficient (Wildman–Crippen LogP) is 1.62. The Kier molecular flexibility index (Phi) is 5.03. The lowest BCUT2D eigenvalue weighted by Crippen LogP contribution is -2.37. The van der Waals surface area contributed by atoms with Gasteiger partial charge >= 0.3 is 0 Å². The van der Waals surface area contributed by atoms with Crippen molar-refractivity contribution in [2.24, 2.45) is 0 Å². The van der Waals surface area contributed by atoms with Gasteiger partial charge < -0.3 is 10.2 Å². The highest BCUT2D eigenvalue weighted by molar-refractivity contribution is 7.91. The van der Waals surface area contributed by atoms with E-state index in [2.05, 4.69) is 22.2 Å². The molecule has 1 aromatic heterocycles. The molecule has 1 unspecified atom stereocenters. The van der Waals surface area contributed by atoms with Crippen molar-refractivity contribution in [2.75, 3.05) is 34.8 Å². The number of rotatable bonds is 6. The number of nitrogens with one attached hydrogen (secondary N) is 1. The van der Waals surface area contributed by atoms with Crippen molar-refractivity contribution in [3.63, 3.8) is 0 Å². The second-order valence-electron chi connectivity index (χ2n) is 5.46. The highest BCUT2D eigenvalue weighted by Crippen LogP contribution is 2.23. The van der Waals surface area contributed by atoms with E-state index in [9.17, 15) is 8.42 Å². The Bertz CT molecular complexity index is 589. The van der Waals surface area contributed by atoms with Gasteiger partial charge in [0.05, 0.1) is 11.5 Å². The second kappa shape index (κ2) is 6.60. The van der Waals surface area contributed by atoms with Crippen LogP contribution in [0, 0.1) is 6.92 Å². The first-order chi connectivity index (χ1) is 9.95. The molecule has 0 saturated carbocycles. The first-order valence-corrected chi connectivity index (χ1v) is 9.34. The summed E-state index contributed by atoms with van der Waals surface area (Å²) in [5.74, 6) is 1.90. The van der Waals surface area contributed by atoms with E-state index in [0.717, 1.165) is 24.5 Å². The molecule has 1 fully saturated rings. The van der Waals surface area contributed by atoms with Gasteiger partial charge in [-0.15, -0.1) is 0 Å². The highest BCUT2D eigenvalue weighted by Gasteiger charge is 2.33. The standard InChI is InChI=1S/C14H24N4O2S/c1-4-7-15-13-9-11(3)16-14(17-13)18(5-2)12-6-8-21(19,20)10-12/h9,12H,4-8,10H2,1-3H3,(H,15,16,17). The third-order valence-electron chi connectivity index (χ3n) is 3.65. The lowest BCUT2D eigenvalue weighted by Gasteiger charge is -2.27. The zero-order valence-corrected chi connectivity index (χ0v) is 13.8. The molecule has 1 saturated heterocycles. The molecule has 2 rings (SSSR count). The molecule has 0 aliphatic carbocycles. The van der Waals surface area contributed by atoms with Gasteiger partial charge in [-0.1, -0.05) is 6.92 Å². The van der Waals surface area contributed by atoms with Crippen LogP contribution in [0.4, 0.5) is 11.8 Å². The summed E-state index contributed by atoms with van der Waals surface area (Å²) in [6, 6.07) is 1.90. The Morgan fingerprint density at radius 2 is 2.14 bits per heavy atom. The van der Waals surface area contributed by atoms with Gasteiger partial charge in [0.15, 0.2) is 9.84 Å². The summed E-state index contributed by atoms with van der Waals surface area (Å²) in [6.07, 6.45) is 1.68. The minimum absolute atomic E-state index is 0.0131. The molecule has 1 N–H and O–H groups in total. The fraction of sp³-hybridized carbons (Fsp3) is 0.714. The van der Waals surface area contributed by atoms with Crippen LogP contribution in [0.3, 0.4) is 0 Å². The monoisotopic (exact) mass is 312 g/mol. The van der Waals surface area contributed by atoms with Crippen LogP contribution in [0.15, 0.2) is 6.07 Å². The molecule has 0 bridgehead atoms. The van der Waals surface area contributed by atoms with E-state index in [1.54, 1.807) is 0 Å². The van der Waals surface area contributed by atoms with Crippen molar-refractivity contribution < 1.29 is 8.42 Å². The molecule has 0 spiro atoms. The molecule has 1 aliphatic heterocycles.